The van der Waals surface area contributed by atoms with Crippen LogP contribution in [0, 0.1) is 0 Å². The Labute approximate surface area is 204 Å². The van der Waals surface area contributed by atoms with Gasteiger partial charge in [0.05, 0.1) is 18.9 Å². The summed E-state index contributed by atoms with van der Waals surface area (Å²) in [4.78, 5) is 23.4. The highest BCUT2D eigenvalue weighted by molar-refractivity contribution is 6.31. The predicted octanol–water partition coefficient (Wildman–Crippen LogP) is 6.24. The quantitative estimate of drug-likeness (QED) is 0.282. The second-order valence-corrected chi connectivity index (χ2v) is 8.19. The second kappa shape index (κ2) is 13.3. The van der Waals surface area contributed by atoms with E-state index in [-0.39, 0.29) is 18.9 Å². The third-order valence-electron chi connectivity index (χ3n) is 5.07. The number of halogens is 1. The number of hydrogen-bond acceptors (Lipinski definition) is 4. The Kier molecular flexibility index (Phi) is 9.80. The number of carboxylic acids is 1. The highest BCUT2D eigenvalue weighted by atomic mass is 35.5. The molecule has 3 aromatic rings. The van der Waals surface area contributed by atoms with Crippen LogP contribution in [0.1, 0.15) is 41.6 Å². The molecule has 0 aliphatic rings. The summed E-state index contributed by atoms with van der Waals surface area (Å²) in [7, 11) is 0. The predicted molar refractivity (Wildman–Crippen MR) is 133 cm³/mol. The van der Waals surface area contributed by atoms with Crippen molar-refractivity contribution < 1.29 is 24.2 Å². The van der Waals surface area contributed by atoms with Gasteiger partial charge in [-0.15, -0.1) is 0 Å². The maximum Gasteiger partial charge on any atom is 0.303 e. The minimum Gasteiger partial charge on any atom is -0.494 e. The van der Waals surface area contributed by atoms with Crippen molar-refractivity contribution in [2.24, 2.45) is 0 Å². The lowest BCUT2D eigenvalue weighted by atomic mass is 10.1. The van der Waals surface area contributed by atoms with E-state index in [1.165, 1.54) is 5.56 Å². The molecule has 2 N–H and O–H groups in total. The first-order chi connectivity index (χ1) is 16.5. The molecule has 3 rings (SSSR count). The van der Waals surface area contributed by atoms with Crippen LogP contribution in [-0.4, -0.2) is 30.2 Å². The number of carbonyl (C=O) groups excluding carboxylic acids is 1. The van der Waals surface area contributed by atoms with E-state index in [1.54, 1.807) is 42.5 Å². The Morgan fingerprint density at radius 3 is 2.32 bits per heavy atom. The maximum absolute atomic E-state index is 12.7. The minimum atomic E-state index is -0.882. The number of unbranched alkanes of at least 4 members (excludes halogenated alkanes) is 1. The lowest BCUT2D eigenvalue weighted by Crippen LogP contribution is -2.13. The SMILES string of the molecule is O=C(O)CCCOc1ccc(Cl)cc1NC(=O)c1ccc(OCCCCc2ccccc2)cc1. The zero-order valence-electron chi connectivity index (χ0n) is 18.8. The molecule has 0 aromatic heterocycles. The van der Waals surface area contributed by atoms with E-state index >= 15 is 0 Å². The van der Waals surface area contributed by atoms with Crippen LogP contribution in [0.5, 0.6) is 11.5 Å². The van der Waals surface area contributed by atoms with Crippen LogP contribution >= 0.6 is 11.6 Å². The van der Waals surface area contributed by atoms with Gasteiger partial charge in [0, 0.05) is 17.0 Å². The van der Waals surface area contributed by atoms with Crippen molar-refractivity contribution in [3.8, 4) is 11.5 Å². The van der Waals surface area contributed by atoms with Crippen LogP contribution in [0.25, 0.3) is 0 Å². The van der Waals surface area contributed by atoms with Crippen LogP contribution in [0.2, 0.25) is 5.02 Å². The van der Waals surface area contributed by atoms with Gasteiger partial charge in [0.2, 0.25) is 0 Å². The van der Waals surface area contributed by atoms with Crippen LogP contribution in [0.3, 0.4) is 0 Å². The summed E-state index contributed by atoms with van der Waals surface area (Å²) < 4.78 is 11.4. The summed E-state index contributed by atoms with van der Waals surface area (Å²) in [5.74, 6) is -0.0556. The lowest BCUT2D eigenvalue weighted by molar-refractivity contribution is -0.137. The molecular formula is C27H28ClNO5. The largest absolute Gasteiger partial charge is 0.494 e. The molecule has 34 heavy (non-hydrogen) atoms. The number of carboxylic acid groups (broad SMARTS) is 1. The van der Waals surface area contributed by atoms with Gasteiger partial charge in [0.15, 0.2) is 0 Å². The third-order valence-corrected chi connectivity index (χ3v) is 5.31. The molecule has 0 spiro atoms. The summed E-state index contributed by atoms with van der Waals surface area (Å²) >= 11 is 6.07. The third kappa shape index (κ3) is 8.45. The summed E-state index contributed by atoms with van der Waals surface area (Å²) in [5.41, 5.74) is 2.21. The van der Waals surface area contributed by atoms with E-state index in [0.717, 1.165) is 19.3 Å². The van der Waals surface area contributed by atoms with Gasteiger partial charge >= 0.3 is 5.97 Å². The Balaban J connectivity index is 1.47. The highest BCUT2D eigenvalue weighted by Gasteiger charge is 2.12. The average molecular weight is 482 g/mol. The number of ether oxygens (including phenoxy) is 2. The summed E-state index contributed by atoms with van der Waals surface area (Å²) in [6.07, 6.45) is 3.39. The number of aryl methyl sites for hydroxylation is 1. The van der Waals surface area contributed by atoms with Crippen molar-refractivity contribution in [2.75, 3.05) is 18.5 Å². The molecule has 0 saturated heterocycles. The molecule has 0 aliphatic heterocycles. The Hall–Kier alpha value is -3.51. The van der Waals surface area contributed by atoms with Crippen molar-refractivity contribution in [3.63, 3.8) is 0 Å². The van der Waals surface area contributed by atoms with E-state index in [4.69, 9.17) is 26.2 Å². The molecule has 7 heteroatoms. The monoisotopic (exact) mass is 481 g/mol. The standard InChI is InChI=1S/C27H28ClNO5/c28-22-13-16-25(34-18-6-10-26(30)31)24(19-22)29-27(32)21-11-14-23(15-12-21)33-17-5-4-9-20-7-2-1-3-8-20/h1-3,7-8,11-16,19H,4-6,9-10,17-18H2,(H,29,32)(H,30,31). The van der Waals surface area contributed by atoms with Crippen molar-refractivity contribution in [3.05, 3.63) is 88.9 Å². The van der Waals surface area contributed by atoms with Crippen LogP contribution in [0.15, 0.2) is 72.8 Å². The first kappa shape index (κ1) is 25.1. The Morgan fingerprint density at radius 1 is 0.853 bits per heavy atom. The minimum absolute atomic E-state index is 0.0106. The summed E-state index contributed by atoms with van der Waals surface area (Å²) in [6.45, 7) is 0.831. The van der Waals surface area contributed by atoms with E-state index < -0.39 is 5.97 Å². The van der Waals surface area contributed by atoms with Crippen LogP contribution in [-0.2, 0) is 11.2 Å². The zero-order valence-corrected chi connectivity index (χ0v) is 19.6. The van der Waals surface area contributed by atoms with E-state index in [1.807, 2.05) is 18.2 Å². The first-order valence-electron chi connectivity index (χ1n) is 11.2. The zero-order chi connectivity index (χ0) is 24.2. The van der Waals surface area contributed by atoms with Gasteiger partial charge in [-0.1, -0.05) is 41.9 Å². The molecule has 0 unspecified atom stereocenters. The van der Waals surface area contributed by atoms with E-state index in [2.05, 4.69) is 17.4 Å². The molecule has 178 valence electrons. The molecule has 0 heterocycles. The topological polar surface area (TPSA) is 84.9 Å². The molecule has 0 bridgehead atoms. The van der Waals surface area contributed by atoms with Crippen molar-refractivity contribution in [1.29, 1.82) is 0 Å². The van der Waals surface area contributed by atoms with Gasteiger partial charge in [-0.3, -0.25) is 9.59 Å². The van der Waals surface area contributed by atoms with Gasteiger partial charge in [-0.2, -0.15) is 0 Å². The number of aliphatic carboxylic acids is 1. The van der Waals surface area contributed by atoms with Crippen molar-refractivity contribution >= 4 is 29.2 Å². The molecule has 0 atom stereocenters. The number of amides is 1. The fraction of sp³-hybridized carbons (Fsp3) is 0.259. The average Bonchev–Trinajstić information content (AvgIpc) is 2.83. The van der Waals surface area contributed by atoms with E-state index in [9.17, 15) is 9.59 Å². The van der Waals surface area contributed by atoms with E-state index in [0.29, 0.717) is 40.8 Å². The molecule has 6 nitrogen and oxygen atoms in total. The first-order valence-corrected chi connectivity index (χ1v) is 11.6. The lowest BCUT2D eigenvalue weighted by Gasteiger charge is -2.13. The smallest absolute Gasteiger partial charge is 0.303 e. The summed E-state index contributed by atoms with van der Waals surface area (Å²) in [5, 5.41) is 12.0. The second-order valence-electron chi connectivity index (χ2n) is 7.76. The number of nitrogens with one attached hydrogen (secondary N) is 1. The van der Waals surface area contributed by atoms with Crippen LogP contribution < -0.4 is 14.8 Å². The maximum atomic E-state index is 12.7. The van der Waals surface area contributed by atoms with Crippen molar-refractivity contribution in [1.82, 2.24) is 0 Å². The Morgan fingerprint density at radius 2 is 1.59 bits per heavy atom. The molecule has 0 saturated carbocycles. The van der Waals surface area contributed by atoms with Gasteiger partial charge < -0.3 is 19.9 Å². The number of hydrogen-bond donors (Lipinski definition) is 2. The normalized spacial score (nSPS) is 10.5. The van der Waals surface area contributed by atoms with Gasteiger partial charge in [-0.05, 0) is 73.7 Å². The number of carbonyl (C=O) groups is 2. The van der Waals surface area contributed by atoms with Crippen LogP contribution in [0.4, 0.5) is 5.69 Å². The number of anilines is 1. The fourth-order valence-corrected chi connectivity index (χ4v) is 3.47. The highest BCUT2D eigenvalue weighted by Crippen LogP contribution is 2.29. The molecular weight excluding hydrogens is 454 g/mol. The molecule has 3 aromatic carbocycles. The molecule has 0 radical (unpaired) electrons. The van der Waals surface area contributed by atoms with Gasteiger partial charge in [0.1, 0.15) is 11.5 Å². The molecule has 0 aliphatic carbocycles. The van der Waals surface area contributed by atoms with Gasteiger partial charge in [-0.25, -0.2) is 0 Å². The van der Waals surface area contributed by atoms with Gasteiger partial charge in [0.25, 0.3) is 5.91 Å². The van der Waals surface area contributed by atoms with Crippen molar-refractivity contribution in [2.45, 2.75) is 32.1 Å². The molecule has 1 amide bonds. The number of rotatable bonds is 13. The molecule has 0 fully saturated rings. The Bertz CT molecular complexity index is 1070. The number of benzene rings is 3. The fourth-order valence-electron chi connectivity index (χ4n) is 3.29. The summed E-state index contributed by atoms with van der Waals surface area (Å²) in [6, 6.07) is 22.2.